The summed E-state index contributed by atoms with van der Waals surface area (Å²) >= 11 is 0. The lowest BCUT2D eigenvalue weighted by molar-refractivity contribution is 0.460. The second-order valence-corrected chi connectivity index (χ2v) is 9.33. The number of rotatable bonds is 19. The van der Waals surface area contributed by atoms with Crippen molar-refractivity contribution in [1.82, 2.24) is 0 Å². The summed E-state index contributed by atoms with van der Waals surface area (Å²) in [6.45, 7) is 19.7. The van der Waals surface area contributed by atoms with Crippen molar-refractivity contribution in [3.63, 3.8) is 0 Å². The fourth-order valence-electron chi connectivity index (χ4n) is 3.80. The van der Waals surface area contributed by atoms with Crippen LogP contribution in [0.1, 0.15) is 145 Å². The first kappa shape index (κ1) is 30.7. The minimum atomic E-state index is 0.745. The van der Waals surface area contributed by atoms with Crippen molar-refractivity contribution in [2.75, 3.05) is 0 Å². The average Bonchev–Trinajstić information content (AvgIpc) is 2.72. The molecule has 0 aromatic heterocycles. The van der Waals surface area contributed by atoms with Gasteiger partial charge in [0, 0.05) is 0 Å². The Morgan fingerprint density at radius 1 is 0.724 bits per heavy atom. The third kappa shape index (κ3) is 23.6. The van der Waals surface area contributed by atoms with Crippen LogP contribution in [0.2, 0.25) is 0 Å². The summed E-state index contributed by atoms with van der Waals surface area (Å²) in [4.78, 5) is 0. The monoisotopic (exact) mass is 406 g/mol. The summed E-state index contributed by atoms with van der Waals surface area (Å²) in [6.07, 6.45) is 25.7. The van der Waals surface area contributed by atoms with Gasteiger partial charge in [0.2, 0.25) is 0 Å². The minimum Gasteiger partial charge on any atom is -0.100 e. The van der Waals surface area contributed by atoms with E-state index in [9.17, 15) is 0 Å². The third-order valence-electron chi connectivity index (χ3n) is 6.12. The minimum absolute atomic E-state index is 0.745. The van der Waals surface area contributed by atoms with Crippen LogP contribution in [0.5, 0.6) is 0 Å². The van der Waals surface area contributed by atoms with Crippen LogP contribution < -0.4 is 0 Å². The topological polar surface area (TPSA) is 0 Å². The third-order valence-corrected chi connectivity index (χ3v) is 6.12. The highest BCUT2D eigenvalue weighted by atomic mass is 14.1. The average molecular weight is 407 g/mol. The van der Waals surface area contributed by atoms with E-state index in [-0.39, 0.29) is 0 Å². The van der Waals surface area contributed by atoms with Crippen LogP contribution in [0.15, 0.2) is 24.3 Å². The van der Waals surface area contributed by atoms with E-state index in [1.807, 2.05) is 13.8 Å². The van der Waals surface area contributed by atoms with Gasteiger partial charge >= 0.3 is 0 Å². The van der Waals surface area contributed by atoms with Gasteiger partial charge in [0.1, 0.15) is 0 Å². The van der Waals surface area contributed by atoms with E-state index >= 15 is 0 Å². The Labute approximate surface area is 187 Å². The molecule has 0 aromatic rings. The first-order valence-corrected chi connectivity index (χ1v) is 13.3. The van der Waals surface area contributed by atoms with Crippen molar-refractivity contribution < 1.29 is 0 Å². The maximum Gasteiger partial charge on any atom is -0.0233 e. The van der Waals surface area contributed by atoms with Gasteiger partial charge in [0.15, 0.2) is 0 Å². The molecule has 0 saturated heterocycles. The highest BCUT2D eigenvalue weighted by Crippen LogP contribution is 2.22. The Hall–Kier alpha value is -0.520. The highest BCUT2D eigenvalue weighted by molar-refractivity contribution is 4.93. The molecule has 0 aliphatic rings. The maximum absolute atomic E-state index is 4.07. The summed E-state index contributed by atoms with van der Waals surface area (Å²) in [5.41, 5.74) is 1.34. The molecule has 0 heterocycles. The number of hydrogen-bond donors (Lipinski definition) is 0. The summed E-state index contributed by atoms with van der Waals surface area (Å²) in [7, 11) is 0. The number of hydrogen-bond acceptors (Lipinski definition) is 0. The number of allylic oxidation sites excluding steroid dienone is 3. The Bertz CT molecular complexity index is 351. The first-order valence-electron chi connectivity index (χ1n) is 13.3. The van der Waals surface area contributed by atoms with Crippen molar-refractivity contribution in [3.8, 4) is 0 Å². The van der Waals surface area contributed by atoms with Crippen molar-refractivity contribution in [3.05, 3.63) is 24.3 Å². The highest BCUT2D eigenvalue weighted by Gasteiger charge is 2.07. The predicted molar refractivity (Wildman–Crippen MR) is 138 cm³/mol. The Morgan fingerprint density at radius 3 is 1.90 bits per heavy atom. The van der Waals surface area contributed by atoms with Gasteiger partial charge in [-0.2, -0.15) is 0 Å². The SMILES string of the molecule is C=C(C)CCCC(/C=C/C(C)CCCCC(C)CC)CCCCCCCC.CC. The fourth-order valence-corrected chi connectivity index (χ4v) is 3.80. The molecule has 0 bridgehead atoms. The van der Waals surface area contributed by atoms with Crippen molar-refractivity contribution in [2.45, 2.75) is 145 Å². The van der Waals surface area contributed by atoms with Gasteiger partial charge in [-0.3, -0.25) is 0 Å². The Kier molecular flexibility index (Phi) is 25.1. The van der Waals surface area contributed by atoms with Crippen LogP contribution >= 0.6 is 0 Å². The van der Waals surface area contributed by atoms with E-state index in [0.717, 1.165) is 17.8 Å². The van der Waals surface area contributed by atoms with Crippen LogP contribution in [-0.2, 0) is 0 Å². The van der Waals surface area contributed by atoms with Gasteiger partial charge in [0.05, 0.1) is 0 Å². The molecule has 3 atom stereocenters. The van der Waals surface area contributed by atoms with E-state index in [1.165, 1.54) is 102 Å². The zero-order valence-corrected chi connectivity index (χ0v) is 21.7. The van der Waals surface area contributed by atoms with E-state index in [1.54, 1.807) is 0 Å². The fraction of sp³-hybridized carbons (Fsp3) is 0.862. The molecule has 0 N–H and O–H groups in total. The molecule has 0 fully saturated rings. The molecule has 3 unspecified atom stereocenters. The quantitative estimate of drug-likeness (QED) is 0.148. The second kappa shape index (κ2) is 23.8. The van der Waals surface area contributed by atoms with Gasteiger partial charge < -0.3 is 0 Å². The zero-order chi connectivity index (χ0) is 22.3. The van der Waals surface area contributed by atoms with Crippen LogP contribution in [-0.4, -0.2) is 0 Å². The van der Waals surface area contributed by atoms with Crippen molar-refractivity contribution >= 4 is 0 Å². The molecule has 29 heavy (non-hydrogen) atoms. The largest absolute Gasteiger partial charge is 0.100 e. The van der Waals surface area contributed by atoms with Gasteiger partial charge in [-0.05, 0) is 56.8 Å². The molecule has 0 aliphatic heterocycles. The van der Waals surface area contributed by atoms with Gasteiger partial charge in [-0.1, -0.05) is 123 Å². The van der Waals surface area contributed by atoms with Crippen LogP contribution in [0.25, 0.3) is 0 Å². The van der Waals surface area contributed by atoms with Crippen LogP contribution in [0.3, 0.4) is 0 Å². The van der Waals surface area contributed by atoms with E-state index in [0.29, 0.717) is 0 Å². The van der Waals surface area contributed by atoms with Crippen molar-refractivity contribution in [1.29, 1.82) is 0 Å². The molecule has 0 saturated carbocycles. The molecule has 174 valence electrons. The van der Waals surface area contributed by atoms with Gasteiger partial charge in [-0.25, -0.2) is 0 Å². The predicted octanol–water partition coefficient (Wildman–Crippen LogP) is 10.9. The molecule has 0 radical (unpaired) electrons. The smallest absolute Gasteiger partial charge is 0.0233 e. The molecule has 0 aromatic carbocycles. The lowest BCUT2D eigenvalue weighted by Gasteiger charge is -2.15. The standard InChI is InChI=1S/C27H52.C2H6/c1-7-9-10-11-12-13-20-27(21-16-17-24(3)4)23-22-26(6)19-15-14-18-25(5)8-2;1-2/h22-23,25-27H,3,7-21H2,1-2,4-6H3;1-2H3/b23-22+;. The van der Waals surface area contributed by atoms with E-state index in [2.05, 4.69) is 53.3 Å². The Balaban J connectivity index is 0. The lowest BCUT2D eigenvalue weighted by Crippen LogP contribution is -2.00. The molecule has 0 aliphatic carbocycles. The van der Waals surface area contributed by atoms with Crippen LogP contribution in [0.4, 0.5) is 0 Å². The molecular formula is C29H58. The normalized spacial score (nSPS) is 14.3. The molecule has 0 spiro atoms. The maximum atomic E-state index is 4.07. The van der Waals surface area contributed by atoms with Crippen LogP contribution in [0, 0.1) is 17.8 Å². The molecule has 0 amide bonds. The van der Waals surface area contributed by atoms with E-state index in [4.69, 9.17) is 0 Å². The molecule has 0 nitrogen and oxygen atoms in total. The Morgan fingerprint density at radius 2 is 1.28 bits per heavy atom. The lowest BCUT2D eigenvalue weighted by atomic mass is 9.91. The van der Waals surface area contributed by atoms with E-state index < -0.39 is 0 Å². The first-order chi connectivity index (χ1) is 14.0. The van der Waals surface area contributed by atoms with Crippen molar-refractivity contribution in [2.24, 2.45) is 17.8 Å². The summed E-state index contributed by atoms with van der Waals surface area (Å²) in [5.74, 6) is 2.44. The molecule has 0 rings (SSSR count). The summed E-state index contributed by atoms with van der Waals surface area (Å²) in [6, 6.07) is 0. The summed E-state index contributed by atoms with van der Waals surface area (Å²) in [5, 5.41) is 0. The molecular weight excluding hydrogens is 348 g/mol. The summed E-state index contributed by atoms with van der Waals surface area (Å²) < 4.78 is 0. The molecule has 0 heteroatoms. The zero-order valence-electron chi connectivity index (χ0n) is 21.7. The second-order valence-electron chi connectivity index (χ2n) is 9.33. The van der Waals surface area contributed by atoms with Gasteiger partial charge in [0.25, 0.3) is 0 Å². The van der Waals surface area contributed by atoms with Gasteiger partial charge in [-0.15, -0.1) is 6.58 Å². The number of unbranched alkanes of at least 4 members (excludes halogenated alkanes) is 6.